The molecule has 0 aliphatic heterocycles. The van der Waals surface area contributed by atoms with Crippen molar-refractivity contribution in [2.24, 2.45) is 13.0 Å². The highest BCUT2D eigenvalue weighted by molar-refractivity contribution is 5.92. The Morgan fingerprint density at radius 1 is 1.56 bits per heavy atom. The van der Waals surface area contributed by atoms with Gasteiger partial charge in [0.05, 0.1) is 6.20 Å². The lowest BCUT2D eigenvalue weighted by Gasteiger charge is -2.20. The molecule has 1 N–H and O–H groups in total. The van der Waals surface area contributed by atoms with E-state index in [0.717, 1.165) is 6.42 Å². The van der Waals surface area contributed by atoms with E-state index in [1.807, 2.05) is 0 Å². The minimum Gasteiger partial charge on any atom is -0.348 e. The van der Waals surface area contributed by atoms with Crippen LogP contribution in [0.3, 0.4) is 0 Å². The van der Waals surface area contributed by atoms with E-state index in [4.69, 9.17) is 0 Å². The zero-order chi connectivity index (χ0) is 13.0. The van der Waals surface area contributed by atoms with E-state index in [0.29, 0.717) is 17.7 Å². The van der Waals surface area contributed by atoms with Gasteiger partial charge in [-0.1, -0.05) is 31.4 Å². The maximum atomic E-state index is 12.0. The molecule has 5 heteroatoms. The van der Waals surface area contributed by atoms with Gasteiger partial charge in [-0.2, -0.15) is 0 Å². The van der Waals surface area contributed by atoms with Crippen molar-refractivity contribution in [3.05, 3.63) is 11.9 Å². The molecule has 0 bridgehead atoms. The molecule has 1 aliphatic carbocycles. The van der Waals surface area contributed by atoms with Gasteiger partial charge in [-0.05, 0) is 25.2 Å². The summed E-state index contributed by atoms with van der Waals surface area (Å²) in [6.45, 7) is 2.21. The van der Waals surface area contributed by atoms with Crippen LogP contribution in [0, 0.1) is 5.92 Å². The van der Waals surface area contributed by atoms with Crippen molar-refractivity contribution in [3.63, 3.8) is 0 Å². The Bertz CT molecular complexity index is 401. The fraction of sp³-hybridized carbons (Fsp3) is 0.769. The van der Waals surface area contributed by atoms with E-state index in [1.54, 1.807) is 17.9 Å². The fourth-order valence-electron chi connectivity index (χ4n) is 2.73. The number of aromatic nitrogens is 3. The molecule has 1 amide bonds. The molecule has 2 rings (SSSR count). The van der Waals surface area contributed by atoms with Gasteiger partial charge in [-0.15, -0.1) is 5.10 Å². The number of unbranched alkanes of at least 4 members (excludes halogenated alkanes) is 1. The third-order valence-electron chi connectivity index (χ3n) is 3.74. The first-order chi connectivity index (χ1) is 8.70. The maximum absolute atomic E-state index is 12.0. The van der Waals surface area contributed by atoms with Gasteiger partial charge in [-0.3, -0.25) is 9.48 Å². The quantitative estimate of drug-likeness (QED) is 0.868. The molecule has 0 saturated heterocycles. The van der Waals surface area contributed by atoms with Crippen LogP contribution in [0.2, 0.25) is 0 Å². The second-order valence-corrected chi connectivity index (χ2v) is 5.19. The van der Waals surface area contributed by atoms with E-state index in [-0.39, 0.29) is 5.91 Å². The number of nitrogens with zero attached hydrogens (tertiary/aromatic N) is 3. The monoisotopic (exact) mass is 250 g/mol. The predicted molar refractivity (Wildman–Crippen MR) is 69.1 cm³/mol. The lowest BCUT2D eigenvalue weighted by atomic mass is 9.97. The molecule has 1 aromatic rings. The smallest absolute Gasteiger partial charge is 0.273 e. The maximum Gasteiger partial charge on any atom is 0.273 e. The zero-order valence-corrected chi connectivity index (χ0v) is 11.2. The van der Waals surface area contributed by atoms with Crippen LogP contribution in [-0.4, -0.2) is 26.9 Å². The van der Waals surface area contributed by atoms with Gasteiger partial charge in [-0.25, -0.2) is 0 Å². The summed E-state index contributed by atoms with van der Waals surface area (Å²) in [5, 5.41) is 10.7. The van der Waals surface area contributed by atoms with E-state index >= 15 is 0 Å². The van der Waals surface area contributed by atoms with Crippen LogP contribution in [-0.2, 0) is 7.05 Å². The molecule has 5 nitrogen and oxygen atoms in total. The van der Waals surface area contributed by atoms with Crippen LogP contribution in [0.1, 0.15) is 55.9 Å². The molecule has 1 fully saturated rings. The molecule has 1 aliphatic rings. The second-order valence-electron chi connectivity index (χ2n) is 5.19. The number of hydrogen-bond donors (Lipinski definition) is 1. The number of carbonyl (C=O) groups is 1. The fourth-order valence-corrected chi connectivity index (χ4v) is 2.73. The number of hydrogen-bond acceptors (Lipinski definition) is 3. The van der Waals surface area contributed by atoms with Crippen molar-refractivity contribution < 1.29 is 4.79 Å². The average Bonchev–Trinajstić information content (AvgIpc) is 2.96. The standard InChI is InChI=1S/C13H22N4O/c1-3-4-6-10-7-5-8-11(10)14-13(18)12-9-17(2)16-15-12/h9-11H,3-8H2,1-2H3,(H,14,18)/t10-,11-/m0/s1. The highest BCUT2D eigenvalue weighted by atomic mass is 16.2. The second kappa shape index (κ2) is 5.98. The first-order valence-electron chi connectivity index (χ1n) is 6.88. The topological polar surface area (TPSA) is 59.8 Å². The molecule has 0 radical (unpaired) electrons. The van der Waals surface area contributed by atoms with Gasteiger partial charge in [0.2, 0.25) is 0 Å². The van der Waals surface area contributed by atoms with Crippen molar-refractivity contribution >= 4 is 5.91 Å². The Kier molecular flexibility index (Phi) is 4.33. The predicted octanol–water partition coefficient (Wildman–Crippen LogP) is 1.90. The summed E-state index contributed by atoms with van der Waals surface area (Å²) in [4.78, 5) is 12.0. The van der Waals surface area contributed by atoms with E-state index in [1.165, 1.54) is 32.1 Å². The molecular weight excluding hydrogens is 228 g/mol. The Morgan fingerprint density at radius 2 is 2.39 bits per heavy atom. The molecule has 18 heavy (non-hydrogen) atoms. The highest BCUT2D eigenvalue weighted by Crippen LogP contribution is 2.29. The molecule has 0 unspecified atom stereocenters. The molecule has 1 aromatic heterocycles. The normalized spacial score (nSPS) is 23.2. The first kappa shape index (κ1) is 13.1. The summed E-state index contributed by atoms with van der Waals surface area (Å²) < 4.78 is 1.55. The van der Waals surface area contributed by atoms with E-state index in [2.05, 4.69) is 22.6 Å². The van der Waals surface area contributed by atoms with Gasteiger partial charge in [0, 0.05) is 13.1 Å². The molecular formula is C13H22N4O. The van der Waals surface area contributed by atoms with Crippen LogP contribution in [0.5, 0.6) is 0 Å². The third kappa shape index (κ3) is 3.09. The van der Waals surface area contributed by atoms with Gasteiger partial charge < -0.3 is 5.32 Å². The Morgan fingerprint density at radius 3 is 3.06 bits per heavy atom. The van der Waals surface area contributed by atoms with Crippen molar-refractivity contribution in [3.8, 4) is 0 Å². The summed E-state index contributed by atoms with van der Waals surface area (Å²) in [7, 11) is 1.77. The Balaban J connectivity index is 1.90. The van der Waals surface area contributed by atoms with Crippen molar-refractivity contribution in [2.45, 2.75) is 51.5 Å². The molecule has 0 aromatic carbocycles. The van der Waals surface area contributed by atoms with Gasteiger partial charge in [0.1, 0.15) is 0 Å². The molecule has 2 atom stereocenters. The zero-order valence-electron chi connectivity index (χ0n) is 11.2. The lowest BCUT2D eigenvalue weighted by Crippen LogP contribution is -2.37. The Hall–Kier alpha value is -1.39. The molecule has 1 heterocycles. The van der Waals surface area contributed by atoms with Crippen molar-refractivity contribution in [2.75, 3.05) is 0 Å². The van der Waals surface area contributed by atoms with Crippen LogP contribution < -0.4 is 5.32 Å². The largest absolute Gasteiger partial charge is 0.348 e. The number of amides is 1. The van der Waals surface area contributed by atoms with Crippen molar-refractivity contribution in [1.82, 2.24) is 20.3 Å². The lowest BCUT2D eigenvalue weighted by molar-refractivity contribution is 0.0921. The van der Waals surface area contributed by atoms with Gasteiger partial charge in [0.25, 0.3) is 5.91 Å². The van der Waals surface area contributed by atoms with Gasteiger partial charge in [0.15, 0.2) is 5.69 Å². The minimum absolute atomic E-state index is 0.0866. The van der Waals surface area contributed by atoms with Crippen molar-refractivity contribution in [1.29, 1.82) is 0 Å². The number of carbonyl (C=O) groups excluding carboxylic acids is 1. The van der Waals surface area contributed by atoms with Crippen LogP contribution in [0.25, 0.3) is 0 Å². The molecule has 0 spiro atoms. The molecule has 100 valence electrons. The average molecular weight is 250 g/mol. The summed E-state index contributed by atoms with van der Waals surface area (Å²) in [6, 6.07) is 0.325. The summed E-state index contributed by atoms with van der Waals surface area (Å²) in [6.07, 6.45) is 8.92. The van der Waals surface area contributed by atoms with Gasteiger partial charge >= 0.3 is 0 Å². The van der Waals surface area contributed by atoms with E-state index in [9.17, 15) is 4.79 Å². The molecule has 1 saturated carbocycles. The van der Waals surface area contributed by atoms with Crippen LogP contribution >= 0.6 is 0 Å². The number of rotatable bonds is 5. The summed E-state index contributed by atoms with van der Waals surface area (Å²) >= 11 is 0. The first-order valence-corrected chi connectivity index (χ1v) is 6.88. The number of aryl methyl sites for hydroxylation is 1. The summed E-state index contributed by atoms with van der Waals surface area (Å²) in [5.41, 5.74) is 0.415. The Labute approximate surface area is 108 Å². The highest BCUT2D eigenvalue weighted by Gasteiger charge is 2.28. The van der Waals surface area contributed by atoms with Crippen LogP contribution in [0.4, 0.5) is 0 Å². The SMILES string of the molecule is CCCC[C@H]1CCC[C@@H]1NC(=O)c1cn(C)nn1. The third-order valence-corrected chi connectivity index (χ3v) is 3.74. The number of nitrogens with one attached hydrogen (secondary N) is 1. The van der Waals surface area contributed by atoms with E-state index < -0.39 is 0 Å². The van der Waals surface area contributed by atoms with Crippen LogP contribution in [0.15, 0.2) is 6.20 Å². The summed E-state index contributed by atoms with van der Waals surface area (Å²) in [5.74, 6) is 0.557. The minimum atomic E-state index is -0.0866.